The number of benzene rings is 1. The summed E-state index contributed by atoms with van der Waals surface area (Å²) in [5, 5.41) is 2.94. The SMILES string of the molecule is CN(CCc1ccncc1)c1cc(C(=O)NCCCc2ccccc2)ncn1. The second-order valence-corrected chi connectivity index (χ2v) is 6.63. The molecule has 0 saturated carbocycles. The number of rotatable bonds is 9. The van der Waals surface area contributed by atoms with Crippen LogP contribution < -0.4 is 10.2 Å². The molecule has 0 aliphatic heterocycles. The number of hydrogen-bond acceptors (Lipinski definition) is 5. The molecule has 0 spiro atoms. The highest BCUT2D eigenvalue weighted by atomic mass is 16.1. The summed E-state index contributed by atoms with van der Waals surface area (Å²) in [6.07, 6.45) is 7.73. The van der Waals surface area contributed by atoms with Crippen molar-refractivity contribution in [2.45, 2.75) is 19.3 Å². The van der Waals surface area contributed by atoms with Gasteiger partial charge in [0.15, 0.2) is 0 Å². The van der Waals surface area contributed by atoms with E-state index in [1.807, 2.05) is 42.3 Å². The number of nitrogens with one attached hydrogen (secondary N) is 1. The monoisotopic (exact) mass is 375 g/mol. The maximum Gasteiger partial charge on any atom is 0.270 e. The first-order chi connectivity index (χ1) is 13.7. The van der Waals surface area contributed by atoms with E-state index in [9.17, 15) is 4.79 Å². The molecule has 0 atom stereocenters. The molecule has 1 N–H and O–H groups in total. The van der Waals surface area contributed by atoms with Gasteiger partial charge in [-0.05, 0) is 42.5 Å². The van der Waals surface area contributed by atoms with Gasteiger partial charge in [-0.3, -0.25) is 9.78 Å². The van der Waals surface area contributed by atoms with E-state index in [4.69, 9.17) is 0 Å². The van der Waals surface area contributed by atoms with Crippen LogP contribution in [0.15, 0.2) is 67.3 Å². The highest BCUT2D eigenvalue weighted by molar-refractivity contribution is 5.92. The third-order valence-corrected chi connectivity index (χ3v) is 4.53. The fraction of sp³-hybridized carbons (Fsp3) is 0.273. The van der Waals surface area contributed by atoms with Gasteiger partial charge in [-0.15, -0.1) is 0 Å². The highest BCUT2D eigenvalue weighted by Gasteiger charge is 2.10. The molecule has 1 aromatic carbocycles. The molecule has 28 heavy (non-hydrogen) atoms. The summed E-state index contributed by atoms with van der Waals surface area (Å²) in [6, 6.07) is 16.0. The number of pyridine rings is 1. The summed E-state index contributed by atoms with van der Waals surface area (Å²) in [5.74, 6) is 0.567. The Bertz CT molecular complexity index is 870. The Morgan fingerprint density at radius 3 is 2.54 bits per heavy atom. The van der Waals surface area contributed by atoms with Crippen molar-refractivity contribution in [3.05, 3.63) is 84.1 Å². The number of aryl methyl sites for hydroxylation is 1. The minimum atomic E-state index is -0.167. The molecule has 6 heteroatoms. The van der Waals surface area contributed by atoms with E-state index < -0.39 is 0 Å². The van der Waals surface area contributed by atoms with Gasteiger partial charge in [0.2, 0.25) is 0 Å². The summed E-state index contributed by atoms with van der Waals surface area (Å²) < 4.78 is 0. The van der Waals surface area contributed by atoms with Gasteiger partial charge in [0, 0.05) is 38.6 Å². The van der Waals surface area contributed by atoms with Crippen molar-refractivity contribution in [3.63, 3.8) is 0 Å². The second-order valence-electron chi connectivity index (χ2n) is 6.63. The number of anilines is 1. The fourth-order valence-electron chi connectivity index (χ4n) is 2.87. The maximum atomic E-state index is 12.4. The molecular weight excluding hydrogens is 350 g/mol. The van der Waals surface area contributed by atoms with Gasteiger partial charge >= 0.3 is 0 Å². The zero-order chi connectivity index (χ0) is 19.6. The van der Waals surface area contributed by atoms with Crippen LogP contribution in [0, 0.1) is 0 Å². The van der Waals surface area contributed by atoms with Crippen LogP contribution in [-0.4, -0.2) is 41.0 Å². The standard InChI is InChI=1S/C22H25N5O/c1-27(15-11-19-9-13-23-14-10-19)21-16-20(25-17-26-21)22(28)24-12-5-8-18-6-3-2-4-7-18/h2-4,6-7,9-10,13-14,16-17H,5,8,11-12,15H2,1H3,(H,24,28). The molecular formula is C22H25N5O. The first-order valence-electron chi connectivity index (χ1n) is 9.46. The average Bonchev–Trinajstić information content (AvgIpc) is 2.76. The van der Waals surface area contributed by atoms with E-state index >= 15 is 0 Å². The molecule has 3 rings (SSSR count). The smallest absolute Gasteiger partial charge is 0.270 e. The predicted molar refractivity (Wildman–Crippen MR) is 110 cm³/mol. The molecule has 0 saturated heterocycles. The molecule has 0 aliphatic rings. The van der Waals surface area contributed by atoms with Gasteiger partial charge in [0.05, 0.1) is 0 Å². The Morgan fingerprint density at radius 2 is 1.75 bits per heavy atom. The zero-order valence-electron chi connectivity index (χ0n) is 16.1. The third-order valence-electron chi connectivity index (χ3n) is 4.53. The fourth-order valence-corrected chi connectivity index (χ4v) is 2.87. The van der Waals surface area contributed by atoms with Crippen LogP contribution in [0.1, 0.15) is 28.0 Å². The minimum absolute atomic E-state index is 0.167. The molecule has 3 aromatic rings. The van der Waals surface area contributed by atoms with Crippen molar-refractivity contribution in [2.75, 3.05) is 25.0 Å². The van der Waals surface area contributed by atoms with Gasteiger partial charge in [-0.25, -0.2) is 9.97 Å². The van der Waals surface area contributed by atoms with E-state index in [1.165, 1.54) is 17.5 Å². The van der Waals surface area contributed by atoms with Crippen LogP contribution in [-0.2, 0) is 12.8 Å². The molecule has 0 bridgehead atoms. The Hall–Kier alpha value is -3.28. The van der Waals surface area contributed by atoms with Crippen molar-refractivity contribution in [3.8, 4) is 0 Å². The van der Waals surface area contributed by atoms with Crippen LogP contribution in [0.2, 0.25) is 0 Å². The topological polar surface area (TPSA) is 71.0 Å². The number of amides is 1. The number of carbonyl (C=O) groups is 1. The molecule has 0 fully saturated rings. The quantitative estimate of drug-likeness (QED) is 0.582. The van der Waals surface area contributed by atoms with Gasteiger partial charge in [-0.2, -0.15) is 0 Å². The van der Waals surface area contributed by atoms with E-state index in [0.29, 0.717) is 12.2 Å². The molecule has 2 aromatic heterocycles. The first-order valence-corrected chi connectivity index (χ1v) is 9.46. The molecule has 0 radical (unpaired) electrons. The van der Waals surface area contributed by atoms with Crippen LogP contribution in [0.5, 0.6) is 0 Å². The summed E-state index contributed by atoms with van der Waals surface area (Å²) in [5.41, 5.74) is 2.88. The summed E-state index contributed by atoms with van der Waals surface area (Å²) in [6.45, 7) is 1.41. The Labute approximate surface area is 165 Å². The molecule has 6 nitrogen and oxygen atoms in total. The van der Waals surface area contributed by atoms with E-state index in [1.54, 1.807) is 18.5 Å². The molecule has 0 aliphatic carbocycles. The Kier molecular flexibility index (Phi) is 7.07. The lowest BCUT2D eigenvalue weighted by Crippen LogP contribution is -2.27. The number of aromatic nitrogens is 3. The molecule has 0 unspecified atom stereocenters. The normalized spacial score (nSPS) is 10.5. The number of likely N-dealkylation sites (N-methyl/N-ethyl adjacent to an activating group) is 1. The first kappa shape index (κ1) is 19.5. The predicted octanol–water partition coefficient (Wildman–Crippen LogP) is 2.91. The van der Waals surface area contributed by atoms with E-state index in [-0.39, 0.29) is 5.91 Å². The number of nitrogens with zero attached hydrogens (tertiary/aromatic N) is 4. The average molecular weight is 375 g/mol. The van der Waals surface area contributed by atoms with E-state index in [2.05, 4.69) is 32.4 Å². The van der Waals surface area contributed by atoms with E-state index in [0.717, 1.165) is 31.6 Å². The number of carbonyl (C=O) groups excluding carboxylic acids is 1. The molecule has 2 heterocycles. The maximum absolute atomic E-state index is 12.4. The Balaban J connectivity index is 1.48. The van der Waals surface area contributed by atoms with Crippen LogP contribution in [0.4, 0.5) is 5.82 Å². The molecule has 144 valence electrons. The van der Waals surface area contributed by atoms with Gasteiger partial charge in [0.1, 0.15) is 17.8 Å². The lowest BCUT2D eigenvalue weighted by Gasteiger charge is -2.18. The zero-order valence-corrected chi connectivity index (χ0v) is 16.1. The molecule has 1 amide bonds. The van der Waals surface area contributed by atoms with Gasteiger partial charge in [-0.1, -0.05) is 30.3 Å². The van der Waals surface area contributed by atoms with Gasteiger partial charge < -0.3 is 10.2 Å². The Morgan fingerprint density at radius 1 is 1.00 bits per heavy atom. The minimum Gasteiger partial charge on any atom is -0.359 e. The van der Waals surface area contributed by atoms with Crippen molar-refractivity contribution < 1.29 is 4.79 Å². The largest absolute Gasteiger partial charge is 0.359 e. The summed E-state index contributed by atoms with van der Waals surface area (Å²) >= 11 is 0. The highest BCUT2D eigenvalue weighted by Crippen LogP contribution is 2.10. The third kappa shape index (κ3) is 5.87. The van der Waals surface area contributed by atoms with Crippen molar-refractivity contribution in [2.24, 2.45) is 0 Å². The summed E-state index contributed by atoms with van der Waals surface area (Å²) in [4.78, 5) is 26.8. The second kappa shape index (κ2) is 10.2. The van der Waals surface area contributed by atoms with Crippen LogP contribution in [0.25, 0.3) is 0 Å². The summed E-state index contributed by atoms with van der Waals surface area (Å²) in [7, 11) is 1.96. The van der Waals surface area contributed by atoms with Crippen molar-refractivity contribution in [1.29, 1.82) is 0 Å². The van der Waals surface area contributed by atoms with Gasteiger partial charge in [0.25, 0.3) is 5.91 Å². The van der Waals surface area contributed by atoms with Crippen molar-refractivity contribution in [1.82, 2.24) is 20.3 Å². The lowest BCUT2D eigenvalue weighted by atomic mass is 10.1. The van der Waals surface area contributed by atoms with Crippen LogP contribution >= 0.6 is 0 Å². The van der Waals surface area contributed by atoms with Crippen LogP contribution in [0.3, 0.4) is 0 Å². The number of hydrogen-bond donors (Lipinski definition) is 1. The lowest BCUT2D eigenvalue weighted by molar-refractivity contribution is 0.0948. The van der Waals surface area contributed by atoms with Crippen molar-refractivity contribution >= 4 is 11.7 Å².